The highest BCUT2D eigenvalue weighted by Crippen LogP contribution is 2.36. The lowest BCUT2D eigenvalue weighted by atomic mass is 10.1. The van der Waals surface area contributed by atoms with Gasteiger partial charge in [-0.1, -0.05) is 0 Å². The molecule has 2 saturated heterocycles. The first kappa shape index (κ1) is 19.1. The highest BCUT2D eigenvalue weighted by atomic mass is 16.6. The molecule has 2 aliphatic heterocycles. The first-order valence-electron chi connectivity index (χ1n) is 10.6. The average Bonchev–Trinajstić information content (AvgIpc) is 3.37. The standard InChI is InChI=1S/C22H27N5O3/c1-15(2)27-11-20(24-14-27)16-9-18-19(10-16)23-4-3-21(18)25-5-7-26(8-6-25)22(28)30-17-12-29-13-17/h3-4,9,11,14-15,17H,5-8,10,12-13H2,1-2H3. The second-order valence-corrected chi connectivity index (χ2v) is 8.35. The summed E-state index contributed by atoms with van der Waals surface area (Å²) >= 11 is 0. The molecule has 5 rings (SSSR count). The highest BCUT2D eigenvalue weighted by molar-refractivity contribution is 5.91. The monoisotopic (exact) mass is 409 g/mol. The van der Waals surface area contributed by atoms with E-state index in [2.05, 4.69) is 51.6 Å². The minimum absolute atomic E-state index is 0.0817. The summed E-state index contributed by atoms with van der Waals surface area (Å²) in [6, 6.07) is 2.47. The number of anilines is 1. The van der Waals surface area contributed by atoms with E-state index >= 15 is 0 Å². The maximum atomic E-state index is 12.3. The SMILES string of the molecule is CC(C)n1cnc(C2=Cc3c(N4CCN(C(=O)OC5COC5)CC4)ccnc3C2)c1. The number of imidazole rings is 1. The Morgan fingerprint density at radius 2 is 2.00 bits per heavy atom. The third-order valence-corrected chi connectivity index (χ3v) is 6.01. The molecular formula is C22H27N5O3. The van der Waals surface area contributed by atoms with Crippen molar-refractivity contribution in [1.29, 1.82) is 0 Å². The van der Waals surface area contributed by atoms with Crippen LogP contribution < -0.4 is 4.90 Å². The molecule has 158 valence electrons. The van der Waals surface area contributed by atoms with Crippen LogP contribution in [0.1, 0.15) is 36.8 Å². The molecule has 0 aromatic carbocycles. The van der Waals surface area contributed by atoms with E-state index in [0.717, 1.165) is 30.9 Å². The number of pyridine rings is 1. The van der Waals surface area contributed by atoms with E-state index in [9.17, 15) is 4.79 Å². The van der Waals surface area contributed by atoms with Crippen LogP contribution in [-0.4, -0.2) is 71.0 Å². The number of rotatable bonds is 4. The molecule has 1 aliphatic carbocycles. The van der Waals surface area contributed by atoms with Gasteiger partial charge in [0.2, 0.25) is 0 Å². The van der Waals surface area contributed by atoms with Crippen molar-refractivity contribution in [3.63, 3.8) is 0 Å². The third kappa shape index (κ3) is 3.56. The lowest BCUT2D eigenvalue weighted by Gasteiger charge is -2.37. The Balaban J connectivity index is 1.29. The van der Waals surface area contributed by atoms with Gasteiger partial charge in [0, 0.05) is 62.3 Å². The lowest BCUT2D eigenvalue weighted by molar-refractivity contribution is -0.104. The van der Waals surface area contributed by atoms with Crippen molar-refractivity contribution in [1.82, 2.24) is 19.4 Å². The molecule has 1 amide bonds. The number of aromatic nitrogens is 3. The number of hydrogen-bond acceptors (Lipinski definition) is 6. The Morgan fingerprint density at radius 1 is 1.20 bits per heavy atom. The fourth-order valence-corrected chi connectivity index (χ4v) is 4.06. The minimum Gasteiger partial charge on any atom is -0.441 e. The summed E-state index contributed by atoms with van der Waals surface area (Å²) in [5.41, 5.74) is 5.66. The van der Waals surface area contributed by atoms with Crippen molar-refractivity contribution in [2.75, 3.05) is 44.3 Å². The van der Waals surface area contributed by atoms with Crippen LogP contribution in [0.15, 0.2) is 24.8 Å². The van der Waals surface area contributed by atoms with Crippen molar-refractivity contribution in [3.05, 3.63) is 41.7 Å². The van der Waals surface area contributed by atoms with Gasteiger partial charge < -0.3 is 23.8 Å². The first-order chi connectivity index (χ1) is 14.6. The van der Waals surface area contributed by atoms with E-state index in [1.807, 2.05) is 12.5 Å². The molecule has 4 heterocycles. The smallest absolute Gasteiger partial charge is 0.410 e. The summed E-state index contributed by atoms with van der Waals surface area (Å²) in [4.78, 5) is 25.6. The van der Waals surface area contributed by atoms with E-state index < -0.39 is 0 Å². The fraction of sp³-hybridized carbons (Fsp3) is 0.500. The quantitative estimate of drug-likeness (QED) is 0.773. The molecule has 0 bridgehead atoms. The second kappa shape index (κ2) is 7.75. The minimum atomic E-state index is -0.231. The summed E-state index contributed by atoms with van der Waals surface area (Å²) < 4.78 is 12.6. The molecule has 2 fully saturated rings. The van der Waals surface area contributed by atoms with E-state index in [1.165, 1.54) is 16.8 Å². The molecule has 8 nitrogen and oxygen atoms in total. The van der Waals surface area contributed by atoms with Crippen LogP contribution in [0.5, 0.6) is 0 Å². The number of hydrogen-bond donors (Lipinski definition) is 0. The largest absolute Gasteiger partial charge is 0.441 e. The topological polar surface area (TPSA) is 72.7 Å². The van der Waals surface area contributed by atoms with E-state index in [4.69, 9.17) is 9.47 Å². The predicted molar refractivity (Wildman–Crippen MR) is 113 cm³/mol. The number of carbonyl (C=O) groups is 1. The van der Waals surface area contributed by atoms with Gasteiger partial charge in [-0.25, -0.2) is 9.78 Å². The van der Waals surface area contributed by atoms with Crippen molar-refractivity contribution in [3.8, 4) is 0 Å². The van der Waals surface area contributed by atoms with Gasteiger partial charge in [0.05, 0.1) is 30.9 Å². The van der Waals surface area contributed by atoms with Gasteiger partial charge >= 0.3 is 6.09 Å². The maximum Gasteiger partial charge on any atom is 0.410 e. The number of ether oxygens (including phenoxy) is 2. The first-order valence-corrected chi connectivity index (χ1v) is 10.6. The molecule has 0 saturated carbocycles. The number of nitrogens with zero attached hydrogens (tertiary/aromatic N) is 5. The number of carbonyl (C=O) groups excluding carboxylic acids is 1. The van der Waals surface area contributed by atoms with Crippen LogP contribution in [0.3, 0.4) is 0 Å². The van der Waals surface area contributed by atoms with Gasteiger partial charge in [0.25, 0.3) is 0 Å². The number of allylic oxidation sites excluding steroid dienone is 1. The summed E-state index contributed by atoms with van der Waals surface area (Å²) in [5, 5.41) is 0. The summed E-state index contributed by atoms with van der Waals surface area (Å²) in [6.07, 6.45) is 8.60. The normalized spacial score (nSPS) is 19.0. The predicted octanol–water partition coefficient (Wildman–Crippen LogP) is 2.61. The molecule has 0 unspecified atom stereocenters. The Hall–Kier alpha value is -2.87. The Bertz CT molecular complexity index is 971. The average molecular weight is 409 g/mol. The van der Waals surface area contributed by atoms with E-state index in [1.54, 1.807) is 4.90 Å². The van der Waals surface area contributed by atoms with Crippen molar-refractivity contribution >= 4 is 23.4 Å². The van der Waals surface area contributed by atoms with Gasteiger partial charge in [-0.05, 0) is 31.6 Å². The van der Waals surface area contributed by atoms with Gasteiger partial charge in [-0.2, -0.15) is 0 Å². The maximum absolute atomic E-state index is 12.3. The molecular weight excluding hydrogens is 382 g/mol. The second-order valence-electron chi connectivity index (χ2n) is 8.35. The number of fused-ring (bicyclic) bond motifs is 1. The zero-order valence-corrected chi connectivity index (χ0v) is 17.5. The zero-order valence-electron chi connectivity index (χ0n) is 17.5. The van der Waals surface area contributed by atoms with E-state index in [0.29, 0.717) is 32.3 Å². The van der Waals surface area contributed by atoms with Gasteiger partial charge in [-0.3, -0.25) is 4.98 Å². The molecule has 0 radical (unpaired) electrons. The Labute approximate surface area is 176 Å². The lowest BCUT2D eigenvalue weighted by Crippen LogP contribution is -2.51. The molecule has 0 atom stereocenters. The van der Waals surface area contributed by atoms with Gasteiger partial charge in [0.1, 0.15) is 0 Å². The van der Waals surface area contributed by atoms with Crippen molar-refractivity contribution < 1.29 is 14.3 Å². The molecule has 2 aromatic heterocycles. The summed E-state index contributed by atoms with van der Waals surface area (Å²) in [6.45, 7) is 8.18. The molecule has 2 aromatic rings. The highest BCUT2D eigenvalue weighted by Gasteiger charge is 2.29. The third-order valence-electron chi connectivity index (χ3n) is 6.01. The van der Waals surface area contributed by atoms with Crippen LogP contribution in [-0.2, 0) is 15.9 Å². The number of piperazine rings is 1. The summed E-state index contributed by atoms with van der Waals surface area (Å²) in [7, 11) is 0. The van der Waals surface area contributed by atoms with Crippen molar-refractivity contribution in [2.45, 2.75) is 32.4 Å². The molecule has 3 aliphatic rings. The molecule has 8 heteroatoms. The molecule has 0 N–H and O–H groups in total. The van der Waals surface area contributed by atoms with Crippen LogP contribution in [0.2, 0.25) is 0 Å². The van der Waals surface area contributed by atoms with Crippen molar-refractivity contribution in [2.24, 2.45) is 0 Å². The molecule has 0 spiro atoms. The number of amides is 1. The van der Waals surface area contributed by atoms with Gasteiger partial charge in [0.15, 0.2) is 6.10 Å². The Kier molecular flexibility index (Phi) is 4.94. The fourth-order valence-electron chi connectivity index (χ4n) is 4.06. The Morgan fingerprint density at radius 3 is 2.67 bits per heavy atom. The van der Waals surface area contributed by atoms with E-state index in [-0.39, 0.29) is 12.2 Å². The molecule has 30 heavy (non-hydrogen) atoms. The van der Waals surface area contributed by atoms with Gasteiger partial charge in [-0.15, -0.1) is 0 Å². The van der Waals surface area contributed by atoms with Crippen LogP contribution in [0.25, 0.3) is 11.6 Å². The van der Waals surface area contributed by atoms with Crippen LogP contribution in [0, 0.1) is 0 Å². The van der Waals surface area contributed by atoms with Crippen LogP contribution >= 0.6 is 0 Å². The summed E-state index contributed by atoms with van der Waals surface area (Å²) in [5.74, 6) is 0. The van der Waals surface area contributed by atoms with Crippen LogP contribution in [0.4, 0.5) is 10.5 Å². The zero-order chi connectivity index (χ0) is 20.7.